The van der Waals surface area contributed by atoms with Gasteiger partial charge in [0, 0.05) is 35.8 Å². The van der Waals surface area contributed by atoms with Gasteiger partial charge in [0.05, 0.1) is 11.0 Å². The highest BCUT2D eigenvalue weighted by atomic mass is 15.0. The first-order chi connectivity index (χ1) is 8.25. The second-order valence-corrected chi connectivity index (χ2v) is 4.52. The van der Waals surface area contributed by atoms with Gasteiger partial charge in [-0.05, 0) is 31.2 Å². The molecule has 0 fully saturated rings. The van der Waals surface area contributed by atoms with E-state index in [0.717, 1.165) is 12.1 Å². The third kappa shape index (κ3) is 1.68. The Bertz CT molecular complexity index is 667. The number of pyridine rings is 1. The van der Waals surface area contributed by atoms with Gasteiger partial charge in [-0.2, -0.15) is 0 Å². The molecule has 0 saturated heterocycles. The fourth-order valence-corrected chi connectivity index (χ4v) is 2.32. The zero-order chi connectivity index (χ0) is 11.8. The molecule has 0 saturated carbocycles. The molecular formula is C14H15N3. The van der Waals surface area contributed by atoms with Gasteiger partial charge in [0.15, 0.2) is 0 Å². The van der Waals surface area contributed by atoms with Crippen molar-refractivity contribution in [1.82, 2.24) is 9.55 Å². The van der Waals surface area contributed by atoms with Crippen molar-refractivity contribution in [3.63, 3.8) is 0 Å². The predicted molar refractivity (Wildman–Crippen MR) is 70.9 cm³/mol. The van der Waals surface area contributed by atoms with Gasteiger partial charge in [-0.3, -0.25) is 4.98 Å². The molecule has 3 rings (SSSR count). The number of hydrogen-bond donors (Lipinski definition) is 1. The molecule has 0 radical (unpaired) electrons. The van der Waals surface area contributed by atoms with Crippen LogP contribution in [0.2, 0.25) is 0 Å². The van der Waals surface area contributed by atoms with Gasteiger partial charge in [0.1, 0.15) is 0 Å². The van der Waals surface area contributed by atoms with Crippen LogP contribution >= 0.6 is 0 Å². The largest absolute Gasteiger partial charge is 0.345 e. The monoisotopic (exact) mass is 225 g/mol. The van der Waals surface area contributed by atoms with Crippen molar-refractivity contribution in [3.05, 3.63) is 42.7 Å². The Kier molecular flexibility index (Phi) is 2.34. The highest BCUT2D eigenvalue weighted by Gasteiger charge is 2.07. The normalized spacial score (nSPS) is 13.3. The Hall–Kier alpha value is -1.87. The van der Waals surface area contributed by atoms with Gasteiger partial charge in [-0.15, -0.1) is 0 Å². The van der Waals surface area contributed by atoms with Crippen molar-refractivity contribution in [2.45, 2.75) is 19.5 Å². The summed E-state index contributed by atoms with van der Waals surface area (Å²) in [7, 11) is 0. The number of hydrogen-bond acceptors (Lipinski definition) is 2. The number of aromatic nitrogens is 2. The van der Waals surface area contributed by atoms with Gasteiger partial charge < -0.3 is 10.3 Å². The molecule has 0 amide bonds. The summed E-state index contributed by atoms with van der Waals surface area (Å²) >= 11 is 0. The molecule has 3 heteroatoms. The third-order valence-electron chi connectivity index (χ3n) is 2.99. The Balaban J connectivity index is 2.34. The highest BCUT2D eigenvalue weighted by molar-refractivity contribution is 6.04. The Labute approximate surface area is 99.9 Å². The highest BCUT2D eigenvalue weighted by Crippen LogP contribution is 2.25. The van der Waals surface area contributed by atoms with E-state index < -0.39 is 0 Å². The zero-order valence-electron chi connectivity index (χ0n) is 9.80. The first-order valence-corrected chi connectivity index (χ1v) is 5.84. The van der Waals surface area contributed by atoms with E-state index in [4.69, 9.17) is 5.73 Å². The van der Waals surface area contributed by atoms with E-state index in [1.165, 1.54) is 16.3 Å². The number of rotatable bonds is 2. The molecule has 1 atom stereocenters. The van der Waals surface area contributed by atoms with E-state index in [1.807, 2.05) is 19.2 Å². The van der Waals surface area contributed by atoms with Crippen LogP contribution in [0.5, 0.6) is 0 Å². The minimum Gasteiger partial charge on any atom is -0.345 e. The van der Waals surface area contributed by atoms with Crippen LogP contribution < -0.4 is 5.73 Å². The number of fused-ring (bicyclic) bond motifs is 3. The molecule has 3 aromatic rings. The van der Waals surface area contributed by atoms with Crippen molar-refractivity contribution in [3.8, 4) is 0 Å². The summed E-state index contributed by atoms with van der Waals surface area (Å²) in [6, 6.07) is 10.5. The SMILES string of the molecule is C[C@H](N)Cn1ccc2ccc3ncccc3c21. The van der Waals surface area contributed by atoms with Gasteiger partial charge in [0.2, 0.25) is 0 Å². The maximum atomic E-state index is 5.88. The van der Waals surface area contributed by atoms with E-state index in [0.29, 0.717) is 0 Å². The number of nitrogens with zero attached hydrogens (tertiary/aromatic N) is 2. The summed E-state index contributed by atoms with van der Waals surface area (Å²) < 4.78 is 2.21. The minimum absolute atomic E-state index is 0.150. The van der Waals surface area contributed by atoms with Crippen molar-refractivity contribution in [2.75, 3.05) is 0 Å². The van der Waals surface area contributed by atoms with Crippen molar-refractivity contribution in [1.29, 1.82) is 0 Å². The average molecular weight is 225 g/mol. The lowest BCUT2D eigenvalue weighted by Crippen LogP contribution is -2.21. The molecule has 0 aliphatic carbocycles. The van der Waals surface area contributed by atoms with Crippen LogP contribution in [-0.4, -0.2) is 15.6 Å². The summed E-state index contributed by atoms with van der Waals surface area (Å²) in [6.45, 7) is 2.85. The van der Waals surface area contributed by atoms with E-state index in [9.17, 15) is 0 Å². The van der Waals surface area contributed by atoms with Crippen LogP contribution in [0, 0.1) is 0 Å². The molecule has 0 aliphatic heterocycles. The predicted octanol–water partition coefficient (Wildman–Crippen LogP) is 2.54. The summed E-state index contributed by atoms with van der Waals surface area (Å²) in [5, 5.41) is 2.43. The fraction of sp³-hybridized carbons (Fsp3) is 0.214. The van der Waals surface area contributed by atoms with Gasteiger partial charge >= 0.3 is 0 Å². The zero-order valence-corrected chi connectivity index (χ0v) is 9.80. The molecule has 17 heavy (non-hydrogen) atoms. The molecular weight excluding hydrogens is 210 g/mol. The number of benzene rings is 1. The molecule has 0 aliphatic rings. The summed E-state index contributed by atoms with van der Waals surface area (Å²) in [4.78, 5) is 4.39. The second kappa shape index (κ2) is 3.86. The lowest BCUT2D eigenvalue weighted by Gasteiger charge is -2.10. The lowest BCUT2D eigenvalue weighted by atomic mass is 10.1. The van der Waals surface area contributed by atoms with E-state index in [1.54, 1.807) is 0 Å². The Morgan fingerprint density at radius 1 is 1.29 bits per heavy atom. The molecule has 0 spiro atoms. The minimum atomic E-state index is 0.150. The maximum Gasteiger partial charge on any atom is 0.0723 e. The molecule has 1 aromatic carbocycles. The molecule has 0 unspecified atom stereocenters. The molecule has 2 aromatic heterocycles. The van der Waals surface area contributed by atoms with Gasteiger partial charge in [0.25, 0.3) is 0 Å². The quantitative estimate of drug-likeness (QED) is 0.728. The van der Waals surface area contributed by atoms with E-state index >= 15 is 0 Å². The first kappa shape index (κ1) is 10.3. The molecule has 2 heterocycles. The molecule has 3 nitrogen and oxygen atoms in total. The Morgan fingerprint density at radius 2 is 2.18 bits per heavy atom. The summed E-state index contributed by atoms with van der Waals surface area (Å²) in [5.74, 6) is 0. The van der Waals surface area contributed by atoms with Crippen molar-refractivity contribution in [2.24, 2.45) is 5.73 Å². The second-order valence-electron chi connectivity index (χ2n) is 4.52. The van der Waals surface area contributed by atoms with Crippen LogP contribution in [0.1, 0.15) is 6.92 Å². The number of nitrogens with two attached hydrogens (primary N) is 1. The van der Waals surface area contributed by atoms with Gasteiger partial charge in [-0.1, -0.05) is 6.07 Å². The topological polar surface area (TPSA) is 43.8 Å². The van der Waals surface area contributed by atoms with Crippen molar-refractivity contribution >= 4 is 21.8 Å². The van der Waals surface area contributed by atoms with E-state index in [2.05, 4.69) is 40.0 Å². The Morgan fingerprint density at radius 3 is 3.00 bits per heavy atom. The van der Waals surface area contributed by atoms with Crippen LogP contribution in [0.15, 0.2) is 42.7 Å². The van der Waals surface area contributed by atoms with Gasteiger partial charge in [-0.25, -0.2) is 0 Å². The van der Waals surface area contributed by atoms with E-state index in [-0.39, 0.29) is 6.04 Å². The fourth-order valence-electron chi connectivity index (χ4n) is 2.32. The standard InChI is InChI=1S/C14H15N3/c1-10(15)9-17-8-6-11-4-5-13-12(14(11)17)3-2-7-16-13/h2-8,10H,9,15H2,1H3/t10-/m0/s1. The molecule has 0 bridgehead atoms. The lowest BCUT2D eigenvalue weighted by molar-refractivity contribution is 0.606. The first-order valence-electron chi connectivity index (χ1n) is 5.84. The molecule has 86 valence electrons. The summed E-state index contributed by atoms with van der Waals surface area (Å²) in [5.41, 5.74) is 8.14. The summed E-state index contributed by atoms with van der Waals surface area (Å²) in [6.07, 6.45) is 3.92. The van der Waals surface area contributed by atoms with Crippen LogP contribution in [0.3, 0.4) is 0 Å². The third-order valence-corrected chi connectivity index (χ3v) is 2.99. The average Bonchev–Trinajstić information content (AvgIpc) is 2.72. The van der Waals surface area contributed by atoms with Crippen LogP contribution in [0.4, 0.5) is 0 Å². The van der Waals surface area contributed by atoms with Crippen molar-refractivity contribution < 1.29 is 0 Å². The molecule has 2 N–H and O–H groups in total. The van der Waals surface area contributed by atoms with Crippen LogP contribution in [-0.2, 0) is 6.54 Å². The van der Waals surface area contributed by atoms with Crippen LogP contribution in [0.25, 0.3) is 21.8 Å². The maximum absolute atomic E-state index is 5.88. The smallest absolute Gasteiger partial charge is 0.0723 e.